The molecule has 1 aromatic rings. The third-order valence-corrected chi connectivity index (χ3v) is 3.65. The van der Waals surface area contributed by atoms with Crippen LogP contribution in [0.4, 0.5) is 5.69 Å². The molecular weight excluding hydrogens is 210 g/mol. The van der Waals surface area contributed by atoms with E-state index in [4.69, 9.17) is 0 Å². The van der Waals surface area contributed by atoms with Crippen LogP contribution in [-0.4, -0.2) is 36.1 Å². The van der Waals surface area contributed by atoms with Gasteiger partial charge in [0.2, 0.25) is 0 Å². The summed E-state index contributed by atoms with van der Waals surface area (Å²) in [5.41, 5.74) is 2.28. The monoisotopic (exact) mass is 233 g/mol. The van der Waals surface area contributed by atoms with Gasteiger partial charge < -0.3 is 10.2 Å². The minimum Gasteiger partial charge on any atom is -0.385 e. The molecule has 1 aliphatic heterocycles. The van der Waals surface area contributed by atoms with Crippen LogP contribution >= 0.6 is 0 Å². The molecule has 1 N–H and O–H groups in total. The van der Waals surface area contributed by atoms with Crippen LogP contribution in [-0.2, 0) is 0 Å². The molecule has 2 heterocycles. The lowest BCUT2D eigenvalue weighted by molar-refractivity contribution is 0.198. The fraction of sp³-hybridized carbons (Fsp3) is 0.643. The van der Waals surface area contributed by atoms with Crippen LogP contribution in [0.2, 0.25) is 0 Å². The minimum atomic E-state index is 0.825. The second-order valence-corrected chi connectivity index (χ2v) is 4.94. The average molecular weight is 233 g/mol. The molecule has 1 fully saturated rings. The van der Waals surface area contributed by atoms with Crippen molar-refractivity contribution in [2.45, 2.75) is 26.7 Å². The van der Waals surface area contributed by atoms with Crippen molar-refractivity contribution in [3.8, 4) is 0 Å². The molecule has 0 aliphatic carbocycles. The molecule has 3 nitrogen and oxygen atoms in total. The zero-order valence-corrected chi connectivity index (χ0v) is 10.9. The summed E-state index contributed by atoms with van der Waals surface area (Å²) in [5.74, 6) is 0.825. The van der Waals surface area contributed by atoms with Crippen LogP contribution in [0.5, 0.6) is 0 Å². The molecule has 1 aromatic heterocycles. The summed E-state index contributed by atoms with van der Waals surface area (Å²) in [4.78, 5) is 6.74. The third-order valence-electron chi connectivity index (χ3n) is 3.65. The Kier molecular flexibility index (Phi) is 4.37. The van der Waals surface area contributed by atoms with Crippen molar-refractivity contribution < 1.29 is 0 Å². The summed E-state index contributed by atoms with van der Waals surface area (Å²) in [6.07, 6.45) is 4.52. The number of anilines is 1. The fourth-order valence-electron chi connectivity index (χ4n) is 2.42. The molecule has 17 heavy (non-hydrogen) atoms. The second kappa shape index (κ2) is 6.01. The summed E-state index contributed by atoms with van der Waals surface area (Å²) in [6.45, 7) is 9.10. The lowest BCUT2D eigenvalue weighted by Gasteiger charge is -2.31. The number of nitrogens with zero attached hydrogens (tertiary/aromatic N) is 2. The van der Waals surface area contributed by atoms with Crippen LogP contribution in [0.25, 0.3) is 0 Å². The van der Waals surface area contributed by atoms with Crippen LogP contribution in [0.1, 0.15) is 25.5 Å². The van der Waals surface area contributed by atoms with Crippen molar-refractivity contribution in [2.24, 2.45) is 5.92 Å². The van der Waals surface area contributed by atoms with Crippen molar-refractivity contribution >= 4 is 5.69 Å². The minimum absolute atomic E-state index is 0.825. The van der Waals surface area contributed by atoms with Crippen LogP contribution in [0.3, 0.4) is 0 Å². The molecule has 0 atom stereocenters. The van der Waals surface area contributed by atoms with Gasteiger partial charge in [0.25, 0.3) is 0 Å². The Morgan fingerprint density at radius 2 is 2.18 bits per heavy atom. The highest BCUT2D eigenvalue weighted by molar-refractivity contribution is 5.42. The quantitative estimate of drug-likeness (QED) is 0.866. The molecule has 0 spiro atoms. The van der Waals surface area contributed by atoms with E-state index in [-0.39, 0.29) is 0 Å². The van der Waals surface area contributed by atoms with E-state index in [1.807, 2.05) is 19.2 Å². The van der Waals surface area contributed by atoms with Crippen molar-refractivity contribution in [3.05, 3.63) is 24.0 Å². The molecule has 1 saturated heterocycles. The zero-order valence-electron chi connectivity index (χ0n) is 10.9. The first-order chi connectivity index (χ1) is 8.28. The Bertz CT molecular complexity index is 343. The number of piperidine rings is 1. The first kappa shape index (κ1) is 12.4. The van der Waals surface area contributed by atoms with Gasteiger partial charge in [0.1, 0.15) is 0 Å². The van der Waals surface area contributed by atoms with E-state index in [0.717, 1.165) is 18.2 Å². The normalized spacial score (nSPS) is 18.2. The maximum absolute atomic E-state index is 4.21. The lowest BCUT2D eigenvalue weighted by atomic mass is 9.97. The summed E-state index contributed by atoms with van der Waals surface area (Å²) < 4.78 is 0. The topological polar surface area (TPSA) is 28.2 Å². The Hall–Kier alpha value is -1.09. The number of hydrogen-bond donors (Lipinski definition) is 1. The van der Waals surface area contributed by atoms with Crippen molar-refractivity contribution in [1.29, 1.82) is 0 Å². The van der Waals surface area contributed by atoms with E-state index < -0.39 is 0 Å². The van der Waals surface area contributed by atoms with E-state index in [9.17, 15) is 0 Å². The van der Waals surface area contributed by atoms with Crippen molar-refractivity contribution in [3.63, 3.8) is 0 Å². The highest BCUT2D eigenvalue weighted by Gasteiger charge is 2.17. The zero-order chi connectivity index (χ0) is 12.1. The van der Waals surface area contributed by atoms with Gasteiger partial charge >= 0.3 is 0 Å². The molecule has 0 unspecified atom stereocenters. The number of aromatic nitrogens is 1. The molecule has 0 aromatic carbocycles. The molecule has 1 aliphatic rings. The predicted molar refractivity (Wildman–Crippen MR) is 72.3 cm³/mol. The number of aryl methyl sites for hydroxylation is 1. The first-order valence-corrected chi connectivity index (χ1v) is 6.67. The SMILES string of the molecule is CCN1CCC(CNc2ccnc(C)c2)CC1. The molecule has 0 amide bonds. The summed E-state index contributed by atoms with van der Waals surface area (Å²) in [5, 5.41) is 3.53. The number of rotatable bonds is 4. The van der Waals surface area contributed by atoms with Crippen molar-refractivity contribution in [1.82, 2.24) is 9.88 Å². The number of pyridine rings is 1. The van der Waals surface area contributed by atoms with Gasteiger partial charge in [-0.05, 0) is 57.5 Å². The first-order valence-electron chi connectivity index (χ1n) is 6.67. The Labute approximate surface area is 104 Å². The Balaban J connectivity index is 1.76. The van der Waals surface area contributed by atoms with Crippen molar-refractivity contribution in [2.75, 3.05) is 31.5 Å². The lowest BCUT2D eigenvalue weighted by Crippen LogP contribution is -2.35. The van der Waals surface area contributed by atoms with E-state index in [0.29, 0.717) is 0 Å². The predicted octanol–water partition coefficient (Wildman–Crippen LogP) is 2.53. The largest absolute Gasteiger partial charge is 0.385 e. The summed E-state index contributed by atoms with van der Waals surface area (Å²) in [6, 6.07) is 4.16. The van der Waals surface area contributed by atoms with Gasteiger partial charge in [-0.2, -0.15) is 0 Å². The molecular formula is C14H23N3. The molecule has 3 heteroatoms. The van der Waals surface area contributed by atoms with Gasteiger partial charge in [0.05, 0.1) is 0 Å². The average Bonchev–Trinajstić information content (AvgIpc) is 2.37. The molecule has 0 saturated carbocycles. The Morgan fingerprint density at radius 3 is 2.82 bits per heavy atom. The smallest absolute Gasteiger partial charge is 0.0393 e. The Morgan fingerprint density at radius 1 is 1.41 bits per heavy atom. The summed E-state index contributed by atoms with van der Waals surface area (Å²) >= 11 is 0. The number of likely N-dealkylation sites (tertiary alicyclic amines) is 1. The highest BCUT2D eigenvalue weighted by Crippen LogP contribution is 2.18. The van der Waals surface area contributed by atoms with Crippen LogP contribution in [0.15, 0.2) is 18.3 Å². The van der Waals surface area contributed by atoms with E-state index >= 15 is 0 Å². The highest BCUT2D eigenvalue weighted by atomic mass is 15.1. The molecule has 0 radical (unpaired) electrons. The standard InChI is InChI=1S/C14H23N3/c1-3-17-8-5-13(6-9-17)11-16-14-4-7-15-12(2)10-14/h4,7,10,13H,3,5-6,8-9,11H2,1-2H3,(H,15,16). The molecule has 94 valence electrons. The van der Waals surface area contributed by atoms with E-state index in [1.165, 1.54) is 38.2 Å². The maximum Gasteiger partial charge on any atom is 0.0393 e. The van der Waals surface area contributed by atoms with Gasteiger partial charge in [0.15, 0.2) is 0 Å². The van der Waals surface area contributed by atoms with Gasteiger partial charge in [-0.3, -0.25) is 4.98 Å². The summed E-state index contributed by atoms with van der Waals surface area (Å²) in [7, 11) is 0. The van der Waals surface area contributed by atoms with Gasteiger partial charge in [-0.15, -0.1) is 0 Å². The number of nitrogens with one attached hydrogen (secondary N) is 1. The van der Waals surface area contributed by atoms with Gasteiger partial charge in [-0.25, -0.2) is 0 Å². The molecule has 0 bridgehead atoms. The van der Waals surface area contributed by atoms with Crippen LogP contribution in [0, 0.1) is 12.8 Å². The van der Waals surface area contributed by atoms with Gasteiger partial charge in [0, 0.05) is 24.1 Å². The third kappa shape index (κ3) is 3.70. The van der Waals surface area contributed by atoms with Gasteiger partial charge in [-0.1, -0.05) is 6.92 Å². The van der Waals surface area contributed by atoms with E-state index in [2.05, 4.69) is 28.2 Å². The fourth-order valence-corrected chi connectivity index (χ4v) is 2.42. The second-order valence-electron chi connectivity index (χ2n) is 4.94. The van der Waals surface area contributed by atoms with Crippen LogP contribution < -0.4 is 5.32 Å². The molecule has 2 rings (SSSR count). The number of hydrogen-bond acceptors (Lipinski definition) is 3. The van der Waals surface area contributed by atoms with E-state index in [1.54, 1.807) is 0 Å². The maximum atomic E-state index is 4.21.